The fourth-order valence-electron chi connectivity index (χ4n) is 3.23. The minimum atomic E-state index is -3.09. The number of sulfonamides is 1. The molecule has 1 aromatic carbocycles. The summed E-state index contributed by atoms with van der Waals surface area (Å²) in [6.45, 7) is 5.10. The van der Waals surface area contributed by atoms with Crippen molar-refractivity contribution in [2.45, 2.75) is 25.9 Å². The van der Waals surface area contributed by atoms with Crippen LogP contribution in [-0.2, 0) is 16.6 Å². The van der Waals surface area contributed by atoms with Crippen LogP contribution >= 0.6 is 0 Å². The number of fused-ring (bicyclic) bond motifs is 1. The van der Waals surface area contributed by atoms with E-state index in [0.29, 0.717) is 38.9 Å². The lowest BCUT2D eigenvalue weighted by atomic mass is 9.95. The van der Waals surface area contributed by atoms with Gasteiger partial charge in [0.05, 0.1) is 6.26 Å². The molecule has 0 aliphatic carbocycles. The topological polar surface area (TPSA) is 67.9 Å². The van der Waals surface area contributed by atoms with Gasteiger partial charge in [0.1, 0.15) is 13.2 Å². The van der Waals surface area contributed by atoms with Crippen molar-refractivity contribution in [1.82, 2.24) is 9.62 Å². The smallest absolute Gasteiger partial charge is 0.211 e. The van der Waals surface area contributed by atoms with E-state index in [1.165, 1.54) is 6.26 Å². The fourth-order valence-corrected chi connectivity index (χ4v) is 4.17. The van der Waals surface area contributed by atoms with Gasteiger partial charge >= 0.3 is 0 Å². The molecule has 0 radical (unpaired) electrons. The van der Waals surface area contributed by atoms with Gasteiger partial charge in [-0.05, 0) is 18.4 Å². The molecule has 1 fully saturated rings. The Balaban J connectivity index is 1.61. The van der Waals surface area contributed by atoms with E-state index < -0.39 is 10.0 Å². The van der Waals surface area contributed by atoms with E-state index in [0.717, 1.165) is 23.5 Å². The largest absolute Gasteiger partial charge is 0.486 e. The monoisotopic (exact) mass is 340 g/mol. The molecule has 7 heteroatoms. The molecule has 2 heterocycles. The van der Waals surface area contributed by atoms with Crippen molar-refractivity contribution in [3.63, 3.8) is 0 Å². The molecule has 0 aromatic heterocycles. The second-order valence-electron chi connectivity index (χ2n) is 6.32. The van der Waals surface area contributed by atoms with Crippen LogP contribution in [0, 0.1) is 5.92 Å². The Labute approximate surface area is 137 Å². The molecule has 0 amide bonds. The van der Waals surface area contributed by atoms with Gasteiger partial charge in [0.25, 0.3) is 0 Å². The average Bonchev–Trinajstić information content (AvgIpc) is 2.53. The Kier molecular flexibility index (Phi) is 4.79. The maximum Gasteiger partial charge on any atom is 0.211 e. The highest BCUT2D eigenvalue weighted by atomic mass is 32.2. The minimum absolute atomic E-state index is 0.273. The number of hydrogen-bond donors (Lipinski definition) is 1. The van der Waals surface area contributed by atoms with Gasteiger partial charge in [0.15, 0.2) is 11.5 Å². The first-order valence-electron chi connectivity index (χ1n) is 8.01. The summed E-state index contributed by atoms with van der Waals surface area (Å²) >= 11 is 0. The first-order valence-corrected chi connectivity index (χ1v) is 9.86. The third-order valence-corrected chi connectivity index (χ3v) is 5.81. The van der Waals surface area contributed by atoms with Crippen LogP contribution in [0.15, 0.2) is 18.2 Å². The highest BCUT2D eigenvalue weighted by Crippen LogP contribution is 2.33. The molecule has 0 bridgehead atoms. The Morgan fingerprint density at radius 2 is 2.09 bits per heavy atom. The maximum absolute atomic E-state index is 11.7. The number of piperidine rings is 1. The van der Waals surface area contributed by atoms with Crippen molar-refractivity contribution in [3.8, 4) is 11.5 Å². The summed E-state index contributed by atoms with van der Waals surface area (Å²) in [5.74, 6) is 1.90. The summed E-state index contributed by atoms with van der Waals surface area (Å²) in [6.07, 6.45) is 2.10. The molecule has 0 unspecified atom stereocenters. The first kappa shape index (κ1) is 16.5. The van der Waals surface area contributed by atoms with E-state index in [2.05, 4.69) is 12.2 Å². The van der Waals surface area contributed by atoms with Crippen molar-refractivity contribution >= 4 is 10.0 Å². The lowest BCUT2D eigenvalue weighted by molar-refractivity contribution is 0.168. The average molecular weight is 340 g/mol. The standard InChI is InChI=1S/C16H24N2O4S/c1-12-11-18(23(2,19)20)7-6-14(12)17-10-13-4-3-5-15-16(13)22-9-8-21-15/h3-5,12,14,17H,6-11H2,1-2H3/t12-,14-/m0/s1. The molecule has 0 spiro atoms. The van der Waals surface area contributed by atoms with Crippen LogP contribution in [0.25, 0.3) is 0 Å². The number of rotatable bonds is 4. The van der Waals surface area contributed by atoms with E-state index in [1.807, 2.05) is 18.2 Å². The van der Waals surface area contributed by atoms with Gasteiger partial charge in [-0.2, -0.15) is 0 Å². The second-order valence-corrected chi connectivity index (χ2v) is 8.30. The van der Waals surface area contributed by atoms with Crippen molar-refractivity contribution in [2.75, 3.05) is 32.6 Å². The third-order valence-electron chi connectivity index (χ3n) is 4.54. The van der Waals surface area contributed by atoms with Gasteiger partial charge in [0.2, 0.25) is 10.0 Å². The van der Waals surface area contributed by atoms with Crippen molar-refractivity contribution < 1.29 is 17.9 Å². The predicted molar refractivity (Wildman–Crippen MR) is 88.3 cm³/mol. The molecule has 1 N–H and O–H groups in total. The van der Waals surface area contributed by atoms with Crippen LogP contribution in [0.2, 0.25) is 0 Å². The highest BCUT2D eigenvalue weighted by molar-refractivity contribution is 7.88. The molecule has 128 valence electrons. The molecule has 6 nitrogen and oxygen atoms in total. The number of benzene rings is 1. The minimum Gasteiger partial charge on any atom is -0.486 e. The van der Waals surface area contributed by atoms with E-state index in [4.69, 9.17) is 9.47 Å². The Morgan fingerprint density at radius 1 is 1.30 bits per heavy atom. The zero-order chi connectivity index (χ0) is 16.4. The normalized spacial score (nSPS) is 25.3. The molecule has 2 aliphatic heterocycles. The lowest BCUT2D eigenvalue weighted by Gasteiger charge is -2.36. The van der Waals surface area contributed by atoms with Crippen molar-refractivity contribution in [1.29, 1.82) is 0 Å². The summed E-state index contributed by atoms with van der Waals surface area (Å²) in [6, 6.07) is 6.23. The molecule has 23 heavy (non-hydrogen) atoms. The summed E-state index contributed by atoms with van der Waals surface area (Å²) in [4.78, 5) is 0. The van der Waals surface area contributed by atoms with E-state index >= 15 is 0 Å². The van der Waals surface area contributed by atoms with Gasteiger partial charge in [-0.25, -0.2) is 12.7 Å². The molecule has 2 aliphatic rings. The van der Waals surface area contributed by atoms with Gasteiger partial charge < -0.3 is 14.8 Å². The molecular formula is C16H24N2O4S. The van der Waals surface area contributed by atoms with Crippen LogP contribution in [0.3, 0.4) is 0 Å². The fraction of sp³-hybridized carbons (Fsp3) is 0.625. The number of para-hydroxylation sites is 1. The number of hydrogen-bond acceptors (Lipinski definition) is 5. The summed E-state index contributed by atoms with van der Waals surface area (Å²) in [7, 11) is -3.09. The number of nitrogens with zero attached hydrogens (tertiary/aromatic N) is 1. The van der Waals surface area contributed by atoms with Crippen LogP contribution in [0.1, 0.15) is 18.9 Å². The van der Waals surface area contributed by atoms with Crippen molar-refractivity contribution in [2.24, 2.45) is 5.92 Å². The molecule has 0 saturated carbocycles. The first-order chi connectivity index (χ1) is 10.9. The van der Waals surface area contributed by atoms with Crippen LogP contribution in [0.4, 0.5) is 0 Å². The molecule has 1 aromatic rings. The zero-order valence-electron chi connectivity index (χ0n) is 13.6. The van der Waals surface area contributed by atoms with Crippen LogP contribution in [-0.4, -0.2) is 51.3 Å². The Hall–Kier alpha value is -1.31. The van der Waals surface area contributed by atoms with Crippen LogP contribution < -0.4 is 14.8 Å². The highest BCUT2D eigenvalue weighted by Gasteiger charge is 2.30. The van der Waals surface area contributed by atoms with E-state index in [9.17, 15) is 8.42 Å². The number of nitrogens with one attached hydrogen (secondary N) is 1. The molecule has 2 atom stereocenters. The van der Waals surface area contributed by atoms with E-state index in [-0.39, 0.29) is 5.92 Å². The molecule has 1 saturated heterocycles. The Morgan fingerprint density at radius 3 is 2.83 bits per heavy atom. The molecular weight excluding hydrogens is 316 g/mol. The lowest BCUT2D eigenvalue weighted by Crippen LogP contribution is -2.49. The predicted octanol–water partition coefficient (Wildman–Crippen LogP) is 1.22. The van der Waals surface area contributed by atoms with E-state index in [1.54, 1.807) is 4.31 Å². The second kappa shape index (κ2) is 6.67. The van der Waals surface area contributed by atoms with Crippen molar-refractivity contribution in [3.05, 3.63) is 23.8 Å². The SMILES string of the molecule is C[C@H]1CN(S(C)(=O)=O)CC[C@@H]1NCc1cccc2c1OCCO2. The molecule has 3 rings (SSSR count). The quantitative estimate of drug-likeness (QED) is 0.892. The van der Waals surface area contributed by atoms with Gasteiger partial charge in [-0.15, -0.1) is 0 Å². The summed E-state index contributed by atoms with van der Waals surface area (Å²) in [5, 5.41) is 3.55. The van der Waals surface area contributed by atoms with Gasteiger partial charge in [0, 0.05) is 31.2 Å². The van der Waals surface area contributed by atoms with Gasteiger partial charge in [-0.1, -0.05) is 19.1 Å². The number of ether oxygens (including phenoxy) is 2. The third kappa shape index (κ3) is 3.79. The van der Waals surface area contributed by atoms with Gasteiger partial charge in [-0.3, -0.25) is 0 Å². The Bertz CT molecular complexity index is 662. The summed E-state index contributed by atoms with van der Waals surface area (Å²) in [5.41, 5.74) is 1.08. The maximum atomic E-state index is 11.7. The van der Waals surface area contributed by atoms with Crippen LogP contribution in [0.5, 0.6) is 11.5 Å². The zero-order valence-corrected chi connectivity index (χ0v) is 14.4. The summed E-state index contributed by atoms with van der Waals surface area (Å²) < 4.78 is 36.2.